The van der Waals surface area contributed by atoms with E-state index in [2.05, 4.69) is 85.7 Å². The third-order valence-electron chi connectivity index (χ3n) is 6.76. The van der Waals surface area contributed by atoms with Crippen molar-refractivity contribution in [2.45, 2.75) is 78.0 Å². The van der Waals surface area contributed by atoms with E-state index in [1.54, 1.807) is 0 Å². The van der Waals surface area contributed by atoms with E-state index in [4.69, 9.17) is 2.74 Å². The number of aryl methyl sites for hydroxylation is 2. The zero-order valence-corrected chi connectivity index (χ0v) is 23.0. The Kier molecular flexibility index (Phi) is 4.85. The fraction of sp³-hybridized carbons (Fsp3) is 0.406. The number of hydrogen-bond donors (Lipinski definition) is 0. The molecule has 0 fully saturated rings. The van der Waals surface area contributed by atoms with E-state index in [9.17, 15) is 0 Å². The second-order valence-electron chi connectivity index (χ2n) is 12.6. The van der Waals surface area contributed by atoms with Crippen molar-refractivity contribution in [2.75, 3.05) is 0 Å². The van der Waals surface area contributed by atoms with E-state index in [1.807, 2.05) is 23.4 Å². The van der Waals surface area contributed by atoms with E-state index in [1.165, 1.54) is 48.4 Å². The minimum atomic E-state index is 0.138. The summed E-state index contributed by atoms with van der Waals surface area (Å²) in [7, 11) is 1.96. The van der Waals surface area contributed by atoms with Crippen LogP contribution in [-0.2, 0) is 19.9 Å². The molecular weight excluding hydrogens is 430 g/mol. The normalized spacial score (nSPS) is 14.4. The van der Waals surface area contributed by atoms with E-state index >= 15 is 0 Å². The Morgan fingerprint density at radius 3 is 2.29 bits per heavy atom. The van der Waals surface area contributed by atoms with Gasteiger partial charge in [0.25, 0.3) is 0 Å². The highest BCUT2D eigenvalue weighted by Crippen LogP contribution is 2.52. The van der Waals surface area contributed by atoms with Crippen LogP contribution >= 0.6 is 11.8 Å². The molecule has 3 aromatic carbocycles. The number of rotatable bonds is 2. The van der Waals surface area contributed by atoms with E-state index in [0.29, 0.717) is 6.04 Å². The molecule has 0 atom stereocenters. The second kappa shape index (κ2) is 7.85. The number of fused-ring (bicyclic) bond motifs is 3. The van der Waals surface area contributed by atoms with Crippen LogP contribution in [0.5, 0.6) is 0 Å². The van der Waals surface area contributed by atoms with Gasteiger partial charge in [-0.3, -0.25) is 0 Å². The second-order valence-corrected chi connectivity index (χ2v) is 13.6. The summed E-state index contributed by atoms with van der Waals surface area (Å²) < 4.78 is 19.7. The Morgan fingerprint density at radius 1 is 0.912 bits per heavy atom. The Morgan fingerprint density at radius 2 is 1.62 bits per heavy atom. The zero-order valence-electron chi connectivity index (χ0n) is 24.2. The summed E-state index contributed by atoms with van der Waals surface area (Å²) in [5, 5.41) is 4.68. The van der Waals surface area contributed by atoms with Crippen LogP contribution in [0, 0.1) is 24.7 Å². The van der Waals surface area contributed by atoms with Crippen molar-refractivity contribution >= 4 is 33.3 Å². The quantitative estimate of drug-likeness (QED) is 0.233. The molecule has 0 saturated carbocycles. The van der Waals surface area contributed by atoms with E-state index in [0.717, 1.165) is 29.3 Å². The lowest BCUT2D eigenvalue weighted by molar-refractivity contribution is -0.659. The molecule has 2 heterocycles. The highest BCUT2D eigenvalue weighted by molar-refractivity contribution is 7.99. The lowest BCUT2D eigenvalue weighted by Gasteiger charge is -2.28. The molecule has 4 aromatic rings. The van der Waals surface area contributed by atoms with Crippen LogP contribution in [0.4, 0.5) is 0 Å². The van der Waals surface area contributed by atoms with Crippen LogP contribution in [0.15, 0.2) is 52.3 Å². The molecule has 0 bridgehead atoms. The van der Waals surface area contributed by atoms with Gasteiger partial charge in [0.2, 0.25) is 5.69 Å². The summed E-state index contributed by atoms with van der Waals surface area (Å²) in [6, 6.07) is 11.7. The lowest BCUT2D eigenvalue weighted by atomic mass is 9.82. The molecule has 0 radical (unpaired) electrons. The van der Waals surface area contributed by atoms with Gasteiger partial charge in [0.15, 0.2) is 6.17 Å². The standard InChI is InChI=1S/C32H38NS/c1-19-10-11-23-24(14-19)20(2)27-29-28-22(12-13-33(29)9)15-21(17-31(3,4)5)16-26(28)34-30(27)25(23)18-32(6,7)8/h10-16H,17-18H2,1-9H3/q+1/i12D,13D. The zero-order chi connectivity index (χ0) is 26.3. The predicted octanol–water partition coefficient (Wildman–Crippen LogP) is 8.74. The van der Waals surface area contributed by atoms with Crippen molar-refractivity contribution in [3.05, 3.63) is 64.8 Å². The number of pyridine rings is 1. The maximum atomic E-state index is 8.89. The Hall–Kier alpha value is -2.32. The van der Waals surface area contributed by atoms with E-state index in [-0.39, 0.29) is 17.0 Å². The van der Waals surface area contributed by atoms with Crippen LogP contribution in [0.3, 0.4) is 0 Å². The summed E-state index contributed by atoms with van der Waals surface area (Å²) in [6.45, 7) is 18.1. The minimum Gasteiger partial charge on any atom is -0.200 e. The molecule has 1 aliphatic heterocycles. The van der Waals surface area contributed by atoms with Gasteiger partial charge >= 0.3 is 0 Å². The summed E-state index contributed by atoms with van der Waals surface area (Å²) in [5.74, 6) is 0. The summed E-state index contributed by atoms with van der Waals surface area (Å²) in [5.41, 5.74) is 7.81. The van der Waals surface area contributed by atoms with Gasteiger partial charge in [-0.1, -0.05) is 83.1 Å². The first-order valence-corrected chi connectivity index (χ1v) is 13.2. The van der Waals surface area contributed by atoms with Crippen molar-refractivity contribution in [1.82, 2.24) is 0 Å². The number of aromatic nitrogens is 1. The molecule has 0 unspecified atom stereocenters. The van der Waals surface area contributed by atoms with Crippen molar-refractivity contribution in [1.29, 1.82) is 0 Å². The van der Waals surface area contributed by atoms with Crippen molar-refractivity contribution in [3.8, 4) is 11.3 Å². The Bertz CT molecular complexity index is 1570. The van der Waals surface area contributed by atoms with Gasteiger partial charge < -0.3 is 0 Å². The van der Waals surface area contributed by atoms with E-state index < -0.39 is 0 Å². The minimum absolute atomic E-state index is 0.138. The third kappa shape index (κ3) is 4.05. The molecule has 0 N–H and O–H groups in total. The number of nitrogens with zero attached hydrogens (tertiary/aromatic N) is 1. The maximum Gasteiger partial charge on any atom is 0.222 e. The molecule has 1 aromatic heterocycles. The molecule has 0 aliphatic carbocycles. The average Bonchev–Trinajstić information content (AvgIpc) is 2.75. The van der Waals surface area contributed by atoms with Gasteiger partial charge in [-0.25, -0.2) is 4.57 Å². The molecule has 2 heteroatoms. The highest BCUT2D eigenvalue weighted by atomic mass is 32.2. The van der Waals surface area contributed by atoms with Crippen LogP contribution in [0.1, 0.15) is 66.5 Å². The topological polar surface area (TPSA) is 3.88 Å². The average molecular weight is 471 g/mol. The smallest absolute Gasteiger partial charge is 0.200 e. The maximum absolute atomic E-state index is 8.89. The van der Waals surface area contributed by atoms with Crippen molar-refractivity contribution in [3.63, 3.8) is 0 Å². The number of benzene rings is 3. The molecule has 0 saturated heterocycles. The van der Waals surface area contributed by atoms with Crippen LogP contribution in [0.25, 0.3) is 32.8 Å². The Balaban J connectivity index is 1.96. The first kappa shape index (κ1) is 21.0. The largest absolute Gasteiger partial charge is 0.222 e. The van der Waals surface area contributed by atoms with Crippen LogP contribution < -0.4 is 4.57 Å². The van der Waals surface area contributed by atoms with Gasteiger partial charge in [0, 0.05) is 15.8 Å². The fourth-order valence-electron chi connectivity index (χ4n) is 5.49. The van der Waals surface area contributed by atoms with Gasteiger partial charge in [-0.2, -0.15) is 0 Å². The van der Waals surface area contributed by atoms with Gasteiger partial charge in [0.05, 0.1) is 12.3 Å². The third-order valence-corrected chi connectivity index (χ3v) is 7.96. The predicted molar refractivity (Wildman–Crippen MR) is 148 cm³/mol. The molecule has 34 heavy (non-hydrogen) atoms. The highest BCUT2D eigenvalue weighted by Gasteiger charge is 2.33. The monoisotopic (exact) mass is 470 g/mol. The summed E-state index contributed by atoms with van der Waals surface area (Å²) in [4.78, 5) is 2.55. The first-order valence-electron chi connectivity index (χ1n) is 13.4. The molecule has 176 valence electrons. The SMILES string of the molecule is [2H]c1c([2H])[n+](C)c2c3c(cc(CC(C)(C)C)cc13)Sc1c-2c(C)c2cc(C)ccc2c1CC(C)(C)C. The first-order chi connectivity index (χ1) is 16.7. The molecule has 0 spiro atoms. The van der Waals surface area contributed by atoms with Gasteiger partial charge in [0.1, 0.15) is 8.42 Å². The lowest BCUT2D eigenvalue weighted by Crippen LogP contribution is -2.32. The fourth-order valence-corrected chi connectivity index (χ4v) is 6.89. The van der Waals surface area contributed by atoms with Gasteiger partial charge in [-0.05, 0) is 76.4 Å². The van der Waals surface area contributed by atoms with Crippen molar-refractivity contribution < 1.29 is 7.31 Å². The molecular formula is C32H38NS+. The number of hydrogen-bond acceptors (Lipinski definition) is 1. The summed E-state index contributed by atoms with van der Waals surface area (Å²) >= 11 is 1.88. The summed E-state index contributed by atoms with van der Waals surface area (Å²) in [6.07, 6.45) is 2.20. The molecule has 5 rings (SSSR count). The Labute approximate surface area is 212 Å². The van der Waals surface area contributed by atoms with Crippen LogP contribution in [-0.4, -0.2) is 0 Å². The molecule has 0 amide bonds. The van der Waals surface area contributed by atoms with Crippen molar-refractivity contribution in [2.24, 2.45) is 17.9 Å². The molecule has 1 nitrogen and oxygen atoms in total. The van der Waals surface area contributed by atoms with Gasteiger partial charge in [-0.15, -0.1) is 0 Å². The molecule has 1 aliphatic rings. The van der Waals surface area contributed by atoms with Crippen LogP contribution in [0.2, 0.25) is 0 Å².